The highest BCUT2D eigenvalue weighted by molar-refractivity contribution is 7.89. The number of halogens is 1. The van der Waals surface area contributed by atoms with Gasteiger partial charge in [0.25, 0.3) is 0 Å². The highest BCUT2D eigenvalue weighted by atomic mass is 32.2. The van der Waals surface area contributed by atoms with E-state index in [0.717, 1.165) is 6.07 Å². The smallest absolute Gasteiger partial charge is 0.241 e. The van der Waals surface area contributed by atoms with Crippen molar-refractivity contribution in [1.82, 2.24) is 4.72 Å². The van der Waals surface area contributed by atoms with Crippen LogP contribution in [-0.4, -0.2) is 27.7 Å². The maximum absolute atomic E-state index is 13.2. The molecule has 0 aliphatic heterocycles. The number of ether oxygens (including phenoxy) is 1. The zero-order chi connectivity index (χ0) is 14.7. The van der Waals surface area contributed by atoms with Crippen molar-refractivity contribution in [2.24, 2.45) is 5.73 Å². The lowest BCUT2D eigenvalue weighted by Crippen LogP contribution is -2.40. The molecule has 3 N–H and O–H groups in total. The molecule has 1 rings (SSSR count). The molecular formula is C12H19FN2O3S. The third-order valence-corrected chi connectivity index (χ3v) is 4.26. The summed E-state index contributed by atoms with van der Waals surface area (Å²) < 4.78 is 45.0. The van der Waals surface area contributed by atoms with Gasteiger partial charge in [-0.3, -0.25) is 0 Å². The van der Waals surface area contributed by atoms with Crippen molar-refractivity contribution >= 4 is 10.0 Å². The van der Waals surface area contributed by atoms with Crippen molar-refractivity contribution in [2.75, 3.05) is 13.7 Å². The van der Waals surface area contributed by atoms with Crippen molar-refractivity contribution < 1.29 is 17.5 Å². The Morgan fingerprint density at radius 3 is 2.58 bits per heavy atom. The molecule has 0 amide bonds. The normalized spacial score (nSPS) is 12.7. The van der Waals surface area contributed by atoms with Gasteiger partial charge in [-0.05, 0) is 31.5 Å². The average Bonchev–Trinajstić information content (AvgIpc) is 2.37. The molecule has 5 nitrogen and oxygen atoms in total. The standard InChI is InChI=1S/C12H19FN2O3S/c1-12(2,18-3)8-15-19(16,17)11-6-10(13)5-4-9(11)7-14/h4-6,15H,7-8,14H2,1-3H3. The molecule has 0 radical (unpaired) electrons. The molecule has 0 bridgehead atoms. The summed E-state index contributed by atoms with van der Waals surface area (Å²) in [6.07, 6.45) is 0. The Bertz CT molecular complexity index is 544. The summed E-state index contributed by atoms with van der Waals surface area (Å²) in [6, 6.07) is 3.51. The van der Waals surface area contributed by atoms with Crippen LogP contribution in [0.2, 0.25) is 0 Å². The predicted octanol–water partition coefficient (Wildman–Crippen LogP) is 0.988. The molecule has 0 unspecified atom stereocenters. The van der Waals surface area contributed by atoms with Crippen molar-refractivity contribution in [3.63, 3.8) is 0 Å². The minimum absolute atomic E-state index is 0.0180. The van der Waals surface area contributed by atoms with Gasteiger partial charge in [-0.2, -0.15) is 0 Å². The summed E-state index contributed by atoms with van der Waals surface area (Å²) in [7, 11) is -2.33. The maximum Gasteiger partial charge on any atom is 0.241 e. The minimum Gasteiger partial charge on any atom is -0.377 e. The summed E-state index contributed by atoms with van der Waals surface area (Å²) in [4.78, 5) is -0.137. The van der Waals surface area contributed by atoms with Crippen LogP contribution in [0.15, 0.2) is 23.1 Å². The fourth-order valence-electron chi connectivity index (χ4n) is 1.37. The molecule has 7 heteroatoms. The number of nitrogens with one attached hydrogen (secondary N) is 1. The first-order chi connectivity index (χ1) is 8.72. The molecule has 0 saturated heterocycles. The number of benzene rings is 1. The largest absolute Gasteiger partial charge is 0.377 e. The Hall–Kier alpha value is -1.02. The van der Waals surface area contributed by atoms with E-state index in [0.29, 0.717) is 5.56 Å². The fraction of sp³-hybridized carbons (Fsp3) is 0.500. The van der Waals surface area contributed by atoms with Gasteiger partial charge in [0.1, 0.15) is 5.82 Å². The molecular weight excluding hydrogens is 271 g/mol. The van der Waals surface area contributed by atoms with Crippen LogP contribution in [0, 0.1) is 5.82 Å². The van der Waals surface area contributed by atoms with Gasteiger partial charge < -0.3 is 10.5 Å². The number of methoxy groups -OCH3 is 1. The summed E-state index contributed by atoms with van der Waals surface area (Å²) in [5.41, 5.74) is 5.18. The Balaban J connectivity index is 3.04. The second-order valence-electron chi connectivity index (χ2n) is 4.74. The van der Waals surface area contributed by atoms with E-state index in [1.165, 1.54) is 19.2 Å². The molecule has 0 atom stereocenters. The van der Waals surface area contributed by atoms with Crippen LogP contribution in [-0.2, 0) is 21.3 Å². The summed E-state index contributed by atoms with van der Waals surface area (Å²) in [5.74, 6) is -0.622. The van der Waals surface area contributed by atoms with Gasteiger partial charge in [-0.1, -0.05) is 6.07 Å². The highest BCUT2D eigenvalue weighted by Crippen LogP contribution is 2.17. The maximum atomic E-state index is 13.2. The lowest BCUT2D eigenvalue weighted by molar-refractivity contribution is 0.0276. The molecule has 1 aromatic rings. The number of rotatable bonds is 6. The van der Waals surface area contributed by atoms with Gasteiger partial charge >= 0.3 is 0 Å². The van der Waals surface area contributed by atoms with E-state index >= 15 is 0 Å². The van der Waals surface area contributed by atoms with Crippen molar-refractivity contribution in [3.05, 3.63) is 29.6 Å². The first-order valence-electron chi connectivity index (χ1n) is 5.75. The molecule has 0 saturated carbocycles. The Morgan fingerprint density at radius 2 is 2.05 bits per heavy atom. The Labute approximate surface area is 113 Å². The molecule has 108 valence electrons. The third kappa shape index (κ3) is 4.24. The van der Waals surface area contributed by atoms with Gasteiger partial charge in [0.15, 0.2) is 0 Å². The number of hydrogen-bond acceptors (Lipinski definition) is 4. The van der Waals surface area contributed by atoms with E-state index < -0.39 is 21.4 Å². The summed E-state index contributed by atoms with van der Waals surface area (Å²) >= 11 is 0. The minimum atomic E-state index is -3.82. The molecule has 0 aliphatic rings. The Morgan fingerprint density at radius 1 is 1.42 bits per heavy atom. The first kappa shape index (κ1) is 16.0. The molecule has 0 spiro atoms. The van der Waals surface area contributed by atoms with Gasteiger partial charge in [0, 0.05) is 20.2 Å². The lowest BCUT2D eigenvalue weighted by atomic mass is 10.1. The quantitative estimate of drug-likeness (QED) is 0.818. The summed E-state index contributed by atoms with van der Waals surface area (Å²) in [5, 5.41) is 0. The molecule has 19 heavy (non-hydrogen) atoms. The first-order valence-corrected chi connectivity index (χ1v) is 7.23. The highest BCUT2D eigenvalue weighted by Gasteiger charge is 2.23. The predicted molar refractivity (Wildman–Crippen MR) is 70.6 cm³/mol. The SMILES string of the molecule is COC(C)(C)CNS(=O)(=O)c1cc(F)ccc1CN. The van der Waals surface area contributed by atoms with E-state index in [2.05, 4.69) is 4.72 Å². The second-order valence-corrected chi connectivity index (χ2v) is 6.48. The fourth-order valence-corrected chi connectivity index (χ4v) is 2.82. The Kier molecular flexibility index (Phi) is 5.03. The molecule has 0 aliphatic carbocycles. The van der Waals surface area contributed by atoms with Crippen molar-refractivity contribution in [1.29, 1.82) is 0 Å². The van der Waals surface area contributed by atoms with Crippen LogP contribution in [0.25, 0.3) is 0 Å². The van der Waals surface area contributed by atoms with E-state index in [1.54, 1.807) is 13.8 Å². The molecule has 0 heterocycles. The summed E-state index contributed by atoms with van der Waals surface area (Å²) in [6.45, 7) is 3.58. The molecule has 1 aromatic carbocycles. The second kappa shape index (κ2) is 5.96. The number of nitrogens with two attached hydrogens (primary N) is 1. The zero-order valence-electron chi connectivity index (χ0n) is 11.2. The molecule has 0 fully saturated rings. The van der Waals surface area contributed by atoms with E-state index in [-0.39, 0.29) is 18.0 Å². The van der Waals surface area contributed by atoms with Gasteiger partial charge in [0.2, 0.25) is 10.0 Å². The average molecular weight is 290 g/mol. The monoisotopic (exact) mass is 290 g/mol. The zero-order valence-corrected chi connectivity index (χ0v) is 12.1. The van der Waals surface area contributed by atoms with E-state index in [9.17, 15) is 12.8 Å². The topological polar surface area (TPSA) is 81.4 Å². The number of sulfonamides is 1. The van der Waals surface area contributed by atoms with Crippen LogP contribution in [0.3, 0.4) is 0 Å². The van der Waals surface area contributed by atoms with Gasteiger partial charge in [-0.15, -0.1) is 0 Å². The molecule has 0 aromatic heterocycles. The van der Waals surface area contributed by atoms with Crippen LogP contribution in [0.5, 0.6) is 0 Å². The number of hydrogen-bond donors (Lipinski definition) is 2. The van der Waals surface area contributed by atoms with Crippen LogP contribution in [0.1, 0.15) is 19.4 Å². The van der Waals surface area contributed by atoms with Crippen LogP contribution in [0.4, 0.5) is 4.39 Å². The van der Waals surface area contributed by atoms with Crippen molar-refractivity contribution in [2.45, 2.75) is 30.9 Å². The van der Waals surface area contributed by atoms with Crippen LogP contribution >= 0.6 is 0 Å². The lowest BCUT2D eigenvalue weighted by Gasteiger charge is -2.23. The van der Waals surface area contributed by atoms with Crippen molar-refractivity contribution in [3.8, 4) is 0 Å². The van der Waals surface area contributed by atoms with Crippen LogP contribution < -0.4 is 10.5 Å². The third-order valence-electron chi connectivity index (χ3n) is 2.78. The van der Waals surface area contributed by atoms with Gasteiger partial charge in [-0.25, -0.2) is 17.5 Å². The van der Waals surface area contributed by atoms with Gasteiger partial charge in [0.05, 0.1) is 10.5 Å². The van der Waals surface area contributed by atoms with E-state index in [1.807, 2.05) is 0 Å². The van der Waals surface area contributed by atoms with E-state index in [4.69, 9.17) is 10.5 Å².